The summed E-state index contributed by atoms with van der Waals surface area (Å²) in [6, 6.07) is 4.01. The van der Waals surface area contributed by atoms with Crippen molar-refractivity contribution in [2.75, 3.05) is 18.1 Å². The first-order valence-corrected chi connectivity index (χ1v) is 19.7. The molecule has 0 aliphatic heterocycles. The third-order valence-corrected chi connectivity index (χ3v) is 10.3. The van der Waals surface area contributed by atoms with Crippen molar-refractivity contribution in [3.05, 3.63) is 28.8 Å². The number of esters is 1. The minimum absolute atomic E-state index is 0.0377. The number of rotatable bonds is 24. The number of carbonyl (C=O) groups is 1. The minimum Gasteiger partial charge on any atom is -0.507 e. The Balaban J connectivity index is 2.17. The van der Waals surface area contributed by atoms with Crippen LogP contribution in [0.2, 0.25) is 0 Å². The highest BCUT2D eigenvalue weighted by Gasteiger charge is 2.26. The minimum atomic E-state index is -3.34. The number of unbranched alkanes of at least 4 members (excludes halogenated alkanes) is 15. The number of ether oxygens (including phenoxy) is 1. The van der Waals surface area contributed by atoms with Gasteiger partial charge in [-0.05, 0) is 46.8 Å². The van der Waals surface area contributed by atoms with E-state index < -0.39 is 15.8 Å². The molecule has 0 unspecified atom stereocenters. The molecule has 1 rings (SSSR count). The topological polar surface area (TPSA) is 80.7 Å². The van der Waals surface area contributed by atoms with E-state index in [-0.39, 0.29) is 28.8 Å². The average Bonchev–Trinajstić information content (AvgIpc) is 2.93. The van der Waals surface area contributed by atoms with Crippen LogP contribution in [0.5, 0.6) is 5.75 Å². The second-order valence-corrected chi connectivity index (χ2v) is 17.4. The van der Waals surface area contributed by atoms with Crippen molar-refractivity contribution < 1.29 is 23.1 Å². The monoisotopic (exact) mass is 636 g/mol. The summed E-state index contributed by atoms with van der Waals surface area (Å²) in [5, 5.41) is 10.9. The van der Waals surface area contributed by atoms with Gasteiger partial charge in [-0.2, -0.15) is 0 Å². The van der Waals surface area contributed by atoms with E-state index >= 15 is 0 Å². The quantitative estimate of drug-likeness (QED) is 0.0902. The van der Waals surface area contributed by atoms with E-state index in [0.29, 0.717) is 25.2 Å². The van der Waals surface area contributed by atoms with Crippen LogP contribution in [-0.2, 0) is 36.6 Å². The standard InChI is InChI=1S/C38H68O5S/c1-8-9-10-11-12-13-14-15-16-17-18-19-20-21-22-23-27-43-35(39)26-29-44(41,42)28-24-25-32-30-33(37(2,3)4)36(40)34(31-32)38(5,6)7/h30-31,40H,8-29H2,1-7H3. The molecular weight excluding hydrogens is 568 g/mol. The molecule has 0 fully saturated rings. The normalized spacial score (nSPS) is 12.5. The summed E-state index contributed by atoms with van der Waals surface area (Å²) in [6.07, 6.45) is 21.8. The molecule has 0 amide bonds. The van der Waals surface area contributed by atoms with Gasteiger partial charge in [0.2, 0.25) is 0 Å². The molecule has 44 heavy (non-hydrogen) atoms. The first kappa shape index (κ1) is 40.5. The molecule has 0 bridgehead atoms. The van der Waals surface area contributed by atoms with Crippen molar-refractivity contribution in [3.8, 4) is 5.75 Å². The lowest BCUT2D eigenvalue weighted by atomic mass is 9.78. The predicted octanol–water partition coefficient (Wildman–Crippen LogP) is 10.5. The molecule has 0 spiro atoms. The fourth-order valence-corrected chi connectivity index (χ4v) is 6.99. The summed E-state index contributed by atoms with van der Waals surface area (Å²) in [6.45, 7) is 15.1. The second kappa shape index (κ2) is 21.3. The third-order valence-electron chi connectivity index (χ3n) is 8.58. The Kier molecular flexibility index (Phi) is 19.6. The molecule has 0 aliphatic rings. The predicted molar refractivity (Wildman–Crippen MR) is 188 cm³/mol. The molecule has 256 valence electrons. The highest BCUT2D eigenvalue weighted by Crippen LogP contribution is 2.40. The SMILES string of the molecule is CCCCCCCCCCCCCCCCCCOC(=O)CCS(=O)(=O)CCCc1cc(C(C)(C)C)c(O)c(C(C)(C)C)c1. The highest BCUT2D eigenvalue weighted by molar-refractivity contribution is 7.91. The Bertz CT molecular complexity index is 995. The van der Waals surface area contributed by atoms with Crippen LogP contribution in [0.3, 0.4) is 0 Å². The Hall–Kier alpha value is -1.56. The van der Waals surface area contributed by atoms with E-state index in [1.807, 2.05) is 12.1 Å². The number of phenols is 1. The van der Waals surface area contributed by atoms with Crippen molar-refractivity contribution in [3.63, 3.8) is 0 Å². The summed E-state index contributed by atoms with van der Waals surface area (Å²) < 4.78 is 30.5. The summed E-state index contributed by atoms with van der Waals surface area (Å²) >= 11 is 0. The molecule has 0 heterocycles. The summed E-state index contributed by atoms with van der Waals surface area (Å²) in [5.41, 5.74) is 2.35. The first-order chi connectivity index (χ1) is 20.7. The van der Waals surface area contributed by atoms with Gasteiger partial charge in [-0.25, -0.2) is 8.42 Å². The van der Waals surface area contributed by atoms with Gasteiger partial charge in [0, 0.05) is 0 Å². The van der Waals surface area contributed by atoms with E-state index in [1.165, 1.54) is 89.9 Å². The molecule has 0 aliphatic carbocycles. The van der Waals surface area contributed by atoms with Gasteiger partial charge in [0.25, 0.3) is 0 Å². The van der Waals surface area contributed by atoms with Gasteiger partial charge in [-0.3, -0.25) is 4.79 Å². The zero-order valence-corrected chi connectivity index (χ0v) is 30.5. The van der Waals surface area contributed by atoms with Crippen LogP contribution in [0, 0.1) is 0 Å². The van der Waals surface area contributed by atoms with Crippen molar-refractivity contribution in [2.24, 2.45) is 0 Å². The lowest BCUT2D eigenvalue weighted by Crippen LogP contribution is -2.18. The van der Waals surface area contributed by atoms with Crippen molar-refractivity contribution in [2.45, 2.75) is 181 Å². The fraction of sp³-hybridized carbons (Fsp3) is 0.816. The van der Waals surface area contributed by atoms with Crippen LogP contribution in [-0.4, -0.2) is 37.6 Å². The van der Waals surface area contributed by atoms with Crippen molar-refractivity contribution >= 4 is 15.8 Å². The van der Waals surface area contributed by atoms with Crippen LogP contribution in [0.15, 0.2) is 12.1 Å². The van der Waals surface area contributed by atoms with Gasteiger partial charge in [-0.15, -0.1) is 0 Å². The number of hydrogen-bond donors (Lipinski definition) is 1. The summed E-state index contributed by atoms with van der Waals surface area (Å²) in [5.74, 6) is -0.214. The second-order valence-electron chi connectivity index (χ2n) is 15.1. The summed E-state index contributed by atoms with van der Waals surface area (Å²) in [4.78, 5) is 12.1. The summed E-state index contributed by atoms with van der Waals surface area (Å²) in [7, 11) is -3.34. The van der Waals surface area contributed by atoms with Crippen LogP contribution >= 0.6 is 0 Å². The van der Waals surface area contributed by atoms with Crippen LogP contribution in [0.1, 0.15) is 181 Å². The van der Waals surface area contributed by atoms with Gasteiger partial charge >= 0.3 is 5.97 Å². The number of aromatic hydroxyl groups is 1. The maximum Gasteiger partial charge on any atom is 0.306 e. The largest absolute Gasteiger partial charge is 0.507 e. The third kappa shape index (κ3) is 18.4. The van der Waals surface area contributed by atoms with Crippen molar-refractivity contribution in [1.29, 1.82) is 0 Å². The molecular formula is C38H68O5S. The number of aryl methyl sites for hydroxylation is 1. The molecule has 0 aromatic heterocycles. The van der Waals surface area contributed by atoms with E-state index in [0.717, 1.165) is 29.5 Å². The smallest absolute Gasteiger partial charge is 0.306 e. The van der Waals surface area contributed by atoms with Crippen LogP contribution in [0.25, 0.3) is 0 Å². The zero-order valence-electron chi connectivity index (χ0n) is 29.7. The Morgan fingerprint density at radius 2 is 1.07 bits per heavy atom. The van der Waals surface area contributed by atoms with Crippen LogP contribution < -0.4 is 0 Å². The van der Waals surface area contributed by atoms with Crippen molar-refractivity contribution in [1.82, 2.24) is 0 Å². The zero-order chi connectivity index (χ0) is 33.1. The van der Waals surface area contributed by atoms with Gasteiger partial charge in [0.15, 0.2) is 9.84 Å². The van der Waals surface area contributed by atoms with Gasteiger partial charge in [-0.1, -0.05) is 157 Å². The van der Waals surface area contributed by atoms with Gasteiger partial charge < -0.3 is 9.84 Å². The van der Waals surface area contributed by atoms with E-state index in [4.69, 9.17) is 4.74 Å². The average molecular weight is 637 g/mol. The first-order valence-electron chi connectivity index (χ1n) is 17.9. The number of sulfone groups is 1. The maximum absolute atomic E-state index is 12.6. The molecule has 0 saturated carbocycles. The number of benzene rings is 1. The van der Waals surface area contributed by atoms with E-state index in [9.17, 15) is 18.3 Å². The molecule has 1 aromatic rings. The lowest BCUT2D eigenvalue weighted by Gasteiger charge is -2.28. The number of carbonyl (C=O) groups excluding carboxylic acids is 1. The van der Waals surface area contributed by atoms with E-state index in [2.05, 4.69) is 48.5 Å². The molecule has 6 heteroatoms. The molecule has 5 nitrogen and oxygen atoms in total. The lowest BCUT2D eigenvalue weighted by molar-refractivity contribution is -0.143. The number of phenolic OH excluding ortho intramolecular Hbond substituents is 1. The molecule has 1 N–H and O–H groups in total. The maximum atomic E-state index is 12.6. The fourth-order valence-electron chi connectivity index (χ4n) is 5.73. The Morgan fingerprint density at radius 1 is 0.659 bits per heavy atom. The van der Waals surface area contributed by atoms with Gasteiger partial charge in [0.05, 0.1) is 24.5 Å². The number of hydrogen-bond acceptors (Lipinski definition) is 5. The Labute approximate surface area is 272 Å². The molecule has 0 saturated heterocycles. The molecule has 1 aromatic carbocycles. The van der Waals surface area contributed by atoms with Gasteiger partial charge in [0.1, 0.15) is 5.75 Å². The highest BCUT2D eigenvalue weighted by atomic mass is 32.2. The molecule has 0 atom stereocenters. The Morgan fingerprint density at radius 3 is 1.48 bits per heavy atom. The van der Waals surface area contributed by atoms with E-state index in [1.54, 1.807) is 0 Å². The van der Waals surface area contributed by atoms with Crippen LogP contribution in [0.4, 0.5) is 0 Å². The molecule has 0 radical (unpaired) electrons.